The van der Waals surface area contributed by atoms with Crippen LogP contribution in [0, 0.1) is 5.82 Å². The zero-order chi connectivity index (χ0) is 19.5. The first kappa shape index (κ1) is 21.5. The van der Waals surface area contributed by atoms with E-state index in [1.54, 1.807) is 0 Å². The molecule has 0 radical (unpaired) electrons. The fourth-order valence-corrected chi connectivity index (χ4v) is 5.19. The van der Waals surface area contributed by atoms with E-state index in [2.05, 4.69) is 0 Å². The van der Waals surface area contributed by atoms with Crippen LogP contribution in [-0.2, 0) is 20.0 Å². The molecule has 0 saturated carbocycles. The van der Waals surface area contributed by atoms with E-state index in [1.165, 1.54) is 28.8 Å². The zero-order valence-corrected chi connectivity index (χ0v) is 17.1. The van der Waals surface area contributed by atoms with Gasteiger partial charge in [-0.3, -0.25) is 0 Å². The number of hydrogen-bond acceptors (Lipinski definition) is 5. The lowest BCUT2D eigenvalue weighted by Crippen LogP contribution is -2.48. The van der Waals surface area contributed by atoms with Crippen LogP contribution in [0.15, 0.2) is 23.1 Å². The molecule has 1 heterocycles. The fraction of sp³-hybridized carbons (Fsp3) is 0.600. The van der Waals surface area contributed by atoms with Crippen LogP contribution in [0.1, 0.15) is 6.42 Å². The molecule has 7 nitrogen and oxygen atoms in total. The number of benzene rings is 1. The molecule has 26 heavy (non-hydrogen) atoms. The average Bonchev–Trinajstić information content (AvgIpc) is 2.57. The van der Waals surface area contributed by atoms with Crippen LogP contribution in [0.4, 0.5) is 4.39 Å². The number of sulfonamides is 2. The zero-order valence-electron chi connectivity index (χ0n) is 14.7. The molecule has 148 valence electrons. The van der Waals surface area contributed by atoms with Crippen molar-refractivity contribution in [2.45, 2.75) is 11.3 Å². The van der Waals surface area contributed by atoms with Crippen molar-refractivity contribution in [2.75, 3.05) is 52.6 Å². The molecule has 0 N–H and O–H groups in total. The fourth-order valence-electron chi connectivity index (χ4n) is 2.63. The van der Waals surface area contributed by atoms with Gasteiger partial charge in [-0.15, -0.1) is 0 Å². The van der Waals surface area contributed by atoms with E-state index in [0.29, 0.717) is 26.1 Å². The van der Waals surface area contributed by atoms with Crippen LogP contribution >= 0.6 is 11.6 Å². The Morgan fingerprint density at radius 3 is 2.27 bits per heavy atom. The molecule has 1 aliphatic rings. The van der Waals surface area contributed by atoms with Gasteiger partial charge in [0.05, 0.1) is 15.7 Å². The molecule has 0 amide bonds. The van der Waals surface area contributed by atoms with Gasteiger partial charge in [-0.05, 0) is 31.2 Å². The van der Waals surface area contributed by atoms with Crippen molar-refractivity contribution in [3.8, 4) is 0 Å². The van der Waals surface area contributed by atoms with E-state index < -0.39 is 25.9 Å². The van der Waals surface area contributed by atoms with Gasteiger partial charge in [0.2, 0.25) is 20.0 Å². The Labute approximate surface area is 159 Å². The number of piperazine rings is 1. The molecule has 1 aromatic carbocycles. The number of nitrogens with zero attached hydrogens (tertiary/aromatic N) is 3. The quantitative estimate of drug-likeness (QED) is 0.650. The summed E-state index contributed by atoms with van der Waals surface area (Å²) in [5.41, 5.74) is 0. The molecule has 1 aromatic rings. The number of halogens is 2. The Morgan fingerprint density at radius 2 is 1.73 bits per heavy atom. The van der Waals surface area contributed by atoms with E-state index in [1.807, 2.05) is 4.90 Å². The predicted molar refractivity (Wildman–Crippen MR) is 98.7 cm³/mol. The summed E-state index contributed by atoms with van der Waals surface area (Å²) in [6.45, 7) is 2.19. The molecule has 1 aliphatic heterocycles. The molecule has 1 saturated heterocycles. The maximum Gasteiger partial charge on any atom is 0.243 e. The highest BCUT2D eigenvalue weighted by Gasteiger charge is 2.29. The topological polar surface area (TPSA) is 78.0 Å². The largest absolute Gasteiger partial charge is 0.301 e. The smallest absolute Gasteiger partial charge is 0.243 e. The van der Waals surface area contributed by atoms with Crippen LogP contribution in [0.3, 0.4) is 0 Å². The highest BCUT2D eigenvalue weighted by molar-refractivity contribution is 7.89. The van der Waals surface area contributed by atoms with Gasteiger partial charge in [0.15, 0.2) is 0 Å². The lowest BCUT2D eigenvalue weighted by Gasteiger charge is -2.34. The van der Waals surface area contributed by atoms with Gasteiger partial charge in [-0.25, -0.2) is 25.5 Å². The molecular weight excluding hydrogens is 405 g/mol. The first-order chi connectivity index (χ1) is 12.0. The van der Waals surface area contributed by atoms with Crippen molar-refractivity contribution >= 4 is 31.6 Å². The first-order valence-corrected chi connectivity index (χ1v) is 11.5. The minimum atomic E-state index is -3.73. The van der Waals surface area contributed by atoms with E-state index >= 15 is 0 Å². The number of rotatable bonds is 7. The van der Waals surface area contributed by atoms with Crippen LogP contribution in [0.5, 0.6) is 0 Å². The molecule has 0 bridgehead atoms. The van der Waals surface area contributed by atoms with E-state index in [0.717, 1.165) is 12.1 Å². The minimum Gasteiger partial charge on any atom is -0.301 e. The van der Waals surface area contributed by atoms with Crippen LogP contribution in [0.2, 0.25) is 5.02 Å². The molecule has 0 aliphatic carbocycles. The van der Waals surface area contributed by atoms with Crippen LogP contribution < -0.4 is 0 Å². The van der Waals surface area contributed by atoms with E-state index in [-0.39, 0.29) is 28.8 Å². The molecule has 0 atom stereocenters. The molecule has 0 aromatic heterocycles. The van der Waals surface area contributed by atoms with Crippen LogP contribution in [0.25, 0.3) is 0 Å². The summed E-state index contributed by atoms with van der Waals surface area (Å²) in [7, 11) is -3.94. The Hall–Kier alpha value is -0.780. The Morgan fingerprint density at radius 1 is 1.12 bits per heavy atom. The van der Waals surface area contributed by atoms with Gasteiger partial charge >= 0.3 is 0 Å². The third-order valence-corrected chi connectivity index (χ3v) is 8.39. The van der Waals surface area contributed by atoms with Crippen molar-refractivity contribution < 1.29 is 21.2 Å². The van der Waals surface area contributed by atoms with Gasteiger partial charge in [0.25, 0.3) is 0 Å². The standard InChI is InChI=1S/C15H23ClFN3O4S2/c1-18(2)25(21,22)11-3-6-19-7-9-20(10-8-19)26(23,24)13-4-5-15(17)14(16)12-13/h4-5,12H,3,6-11H2,1-2H3. The van der Waals surface area contributed by atoms with Crippen molar-refractivity contribution in [3.63, 3.8) is 0 Å². The second-order valence-electron chi connectivity index (χ2n) is 6.27. The van der Waals surface area contributed by atoms with Gasteiger partial charge in [-0.1, -0.05) is 11.6 Å². The minimum absolute atomic E-state index is 0.0329. The summed E-state index contributed by atoms with van der Waals surface area (Å²) < 4.78 is 64.5. The normalized spacial score (nSPS) is 17.7. The lowest BCUT2D eigenvalue weighted by atomic mass is 10.3. The Balaban J connectivity index is 1.90. The third-order valence-electron chi connectivity index (χ3n) is 4.29. The lowest BCUT2D eigenvalue weighted by molar-refractivity contribution is 0.189. The summed E-state index contributed by atoms with van der Waals surface area (Å²) >= 11 is 5.68. The van der Waals surface area contributed by atoms with Crippen molar-refractivity contribution in [1.29, 1.82) is 0 Å². The van der Waals surface area contributed by atoms with Gasteiger partial charge in [-0.2, -0.15) is 4.31 Å². The summed E-state index contributed by atoms with van der Waals surface area (Å²) in [6.07, 6.45) is 0.487. The SMILES string of the molecule is CN(C)S(=O)(=O)CCCN1CCN(S(=O)(=O)c2ccc(F)c(Cl)c2)CC1. The molecule has 1 fully saturated rings. The summed E-state index contributed by atoms with van der Waals surface area (Å²) in [6, 6.07) is 3.36. The number of hydrogen-bond donors (Lipinski definition) is 0. The second kappa shape index (κ2) is 8.49. The second-order valence-corrected chi connectivity index (χ2v) is 10.9. The monoisotopic (exact) mass is 427 g/mol. The molecule has 0 spiro atoms. The van der Waals surface area contributed by atoms with Crippen LogP contribution in [-0.4, -0.2) is 82.9 Å². The molecule has 0 unspecified atom stereocenters. The summed E-state index contributed by atoms with van der Waals surface area (Å²) in [5.74, 6) is -0.602. The van der Waals surface area contributed by atoms with Gasteiger partial charge in [0.1, 0.15) is 5.82 Å². The van der Waals surface area contributed by atoms with Crippen molar-refractivity contribution in [2.24, 2.45) is 0 Å². The van der Waals surface area contributed by atoms with Gasteiger partial charge < -0.3 is 4.90 Å². The first-order valence-electron chi connectivity index (χ1n) is 8.12. The summed E-state index contributed by atoms with van der Waals surface area (Å²) in [5, 5.41) is -0.230. The van der Waals surface area contributed by atoms with Gasteiger partial charge in [0, 0.05) is 40.3 Å². The maximum absolute atomic E-state index is 13.2. The highest BCUT2D eigenvalue weighted by atomic mass is 35.5. The Kier molecular flexibility index (Phi) is 7.03. The molecular formula is C15H23ClFN3O4S2. The average molecular weight is 428 g/mol. The molecule has 2 rings (SSSR count). The van der Waals surface area contributed by atoms with E-state index in [9.17, 15) is 21.2 Å². The highest BCUT2D eigenvalue weighted by Crippen LogP contribution is 2.23. The molecule has 11 heteroatoms. The maximum atomic E-state index is 13.2. The third kappa shape index (κ3) is 5.14. The predicted octanol–water partition coefficient (Wildman–Crippen LogP) is 1.07. The van der Waals surface area contributed by atoms with Crippen molar-refractivity contribution in [1.82, 2.24) is 13.5 Å². The summed E-state index contributed by atoms with van der Waals surface area (Å²) in [4.78, 5) is 2.00. The Bertz CT molecular complexity index is 838. The van der Waals surface area contributed by atoms with E-state index in [4.69, 9.17) is 11.6 Å². The van der Waals surface area contributed by atoms with Crippen molar-refractivity contribution in [3.05, 3.63) is 29.0 Å².